The van der Waals surface area contributed by atoms with Gasteiger partial charge < -0.3 is 4.84 Å². The molecule has 1 aliphatic rings. The normalized spacial score (nSPS) is 13.8. The average Bonchev–Trinajstić information content (AvgIpc) is 2.33. The summed E-state index contributed by atoms with van der Waals surface area (Å²) in [5.74, 6) is 1.47. The molecule has 0 fully saturated rings. The molecule has 46 valence electrons. The van der Waals surface area contributed by atoms with Gasteiger partial charge in [0.25, 0.3) is 0 Å². The lowest BCUT2D eigenvalue weighted by molar-refractivity contribution is 0.247. The van der Waals surface area contributed by atoms with E-state index in [1.54, 1.807) is 6.20 Å². The van der Waals surface area contributed by atoms with Crippen molar-refractivity contribution in [3.63, 3.8) is 0 Å². The number of fused-ring (bicyclic) bond motifs is 1. The number of rotatable bonds is 0. The molecule has 0 saturated heterocycles. The standard InChI is InChI=1S/C5H5N3O/c1-2-4-5(6-3-1)7-8-9-4/h1-3,8H,(H,6,7). The summed E-state index contributed by atoms with van der Waals surface area (Å²) in [4.78, 5) is 8.84. The van der Waals surface area contributed by atoms with Gasteiger partial charge in [-0.05, 0) is 12.1 Å². The van der Waals surface area contributed by atoms with Crippen molar-refractivity contribution in [2.45, 2.75) is 0 Å². The summed E-state index contributed by atoms with van der Waals surface area (Å²) in [5.41, 5.74) is 5.19. The largest absolute Gasteiger partial charge is 0.385 e. The van der Waals surface area contributed by atoms with E-state index >= 15 is 0 Å². The van der Waals surface area contributed by atoms with Gasteiger partial charge in [-0.1, -0.05) is 5.59 Å². The molecular formula is C5H5N3O. The number of hydrazine groups is 1. The predicted molar refractivity (Wildman–Crippen MR) is 31.6 cm³/mol. The van der Waals surface area contributed by atoms with E-state index in [1.165, 1.54) is 0 Å². The van der Waals surface area contributed by atoms with Crippen molar-refractivity contribution in [1.29, 1.82) is 0 Å². The van der Waals surface area contributed by atoms with E-state index in [4.69, 9.17) is 4.84 Å². The molecule has 0 atom stereocenters. The Morgan fingerprint density at radius 3 is 3.44 bits per heavy atom. The smallest absolute Gasteiger partial charge is 0.193 e. The summed E-state index contributed by atoms with van der Waals surface area (Å²) >= 11 is 0. The Bertz CT molecular complexity index is 202. The summed E-state index contributed by atoms with van der Waals surface area (Å²) in [6, 6.07) is 3.64. The van der Waals surface area contributed by atoms with Crippen LogP contribution in [0.2, 0.25) is 0 Å². The summed E-state index contributed by atoms with van der Waals surface area (Å²) < 4.78 is 0. The second-order valence-corrected chi connectivity index (χ2v) is 1.68. The van der Waals surface area contributed by atoms with E-state index in [1.807, 2.05) is 12.1 Å². The van der Waals surface area contributed by atoms with Crippen LogP contribution in [0, 0.1) is 0 Å². The first kappa shape index (κ1) is 4.58. The third kappa shape index (κ3) is 0.603. The fraction of sp³-hybridized carbons (Fsp3) is 0. The second-order valence-electron chi connectivity index (χ2n) is 1.68. The van der Waals surface area contributed by atoms with Crippen LogP contribution in [-0.2, 0) is 0 Å². The zero-order valence-electron chi connectivity index (χ0n) is 4.59. The fourth-order valence-corrected chi connectivity index (χ4v) is 0.696. The van der Waals surface area contributed by atoms with E-state index in [9.17, 15) is 0 Å². The Kier molecular flexibility index (Phi) is 0.811. The number of nitrogens with one attached hydrogen (secondary N) is 2. The molecule has 0 aromatic carbocycles. The third-order valence-electron chi connectivity index (χ3n) is 1.10. The van der Waals surface area contributed by atoms with E-state index in [-0.39, 0.29) is 0 Å². The highest BCUT2D eigenvalue weighted by atomic mass is 16.7. The van der Waals surface area contributed by atoms with Gasteiger partial charge in [0, 0.05) is 6.20 Å². The quantitative estimate of drug-likeness (QED) is 0.521. The molecule has 0 aliphatic carbocycles. The molecule has 4 heteroatoms. The third-order valence-corrected chi connectivity index (χ3v) is 1.10. The molecule has 4 nitrogen and oxygen atoms in total. The summed E-state index contributed by atoms with van der Waals surface area (Å²) in [6.45, 7) is 0. The molecule has 0 bridgehead atoms. The van der Waals surface area contributed by atoms with Crippen molar-refractivity contribution in [2.24, 2.45) is 0 Å². The first-order chi connectivity index (χ1) is 4.47. The molecule has 1 aliphatic heterocycles. The van der Waals surface area contributed by atoms with Gasteiger partial charge in [-0.3, -0.25) is 5.43 Å². The number of hydrogen-bond acceptors (Lipinski definition) is 4. The molecule has 2 rings (SSSR count). The molecule has 0 radical (unpaired) electrons. The maximum Gasteiger partial charge on any atom is 0.193 e. The van der Waals surface area contributed by atoms with Gasteiger partial charge >= 0.3 is 0 Å². The monoisotopic (exact) mass is 123 g/mol. The van der Waals surface area contributed by atoms with Gasteiger partial charge in [0.15, 0.2) is 11.6 Å². The van der Waals surface area contributed by atoms with Crippen LogP contribution >= 0.6 is 0 Å². The van der Waals surface area contributed by atoms with Gasteiger partial charge in [-0.15, -0.1) is 0 Å². The van der Waals surface area contributed by atoms with Crippen LogP contribution in [0.1, 0.15) is 0 Å². The molecule has 2 N–H and O–H groups in total. The zero-order chi connectivity index (χ0) is 6.10. The molecule has 0 saturated carbocycles. The highest BCUT2D eigenvalue weighted by Gasteiger charge is 2.09. The maximum atomic E-state index is 4.87. The van der Waals surface area contributed by atoms with Crippen LogP contribution in [0.5, 0.6) is 5.75 Å². The van der Waals surface area contributed by atoms with Crippen molar-refractivity contribution in [3.8, 4) is 5.75 Å². The van der Waals surface area contributed by atoms with Crippen LogP contribution in [-0.4, -0.2) is 4.98 Å². The van der Waals surface area contributed by atoms with Gasteiger partial charge in [-0.2, -0.15) is 0 Å². The van der Waals surface area contributed by atoms with Gasteiger partial charge in [-0.25, -0.2) is 4.98 Å². The predicted octanol–water partition coefficient (Wildman–Crippen LogP) is 0.305. The Balaban J connectivity index is 2.54. The van der Waals surface area contributed by atoms with Gasteiger partial charge in [0.05, 0.1) is 0 Å². The molecule has 9 heavy (non-hydrogen) atoms. The highest BCUT2D eigenvalue weighted by molar-refractivity contribution is 5.50. The second kappa shape index (κ2) is 1.60. The SMILES string of the molecule is c1cnc2c(c1)ONN2. The minimum absolute atomic E-state index is 0.734. The Hall–Kier alpha value is -1.29. The minimum atomic E-state index is 0.734. The van der Waals surface area contributed by atoms with Crippen LogP contribution < -0.4 is 15.9 Å². The number of pyridine rings is 1. The summed E-state index contributed by atoms with van der Waals surface area (Å²) in [5, 5.41) is 0. The Morgan fingerprint density at radius 1 is 1.56 bits per heavy atom. The van der Waals surface area contributed by atoms with Crippen LogP contribution in [0.4, 0.5) is 5.82 Å². The zero-order valence-corrected chi connectivity index (χ0v) is 4.59. The van der Waals surface area contributed by atoms with Crippen molar-refractivity contribution in [3.05, 3.63) is 18.3 Å². The van der Waals surface area contributed by atoms with Crippen molar-refractivity contribution in [2.75, 3.05) is 5.43 Å². The van der Waals surface area contributed by atoms with E-state index < -0.39 is 0 Å². The molecule has 2 heterocycles. The van der Waals surface area contributed by atoms with Crippen LogP contribution in [0.3, 0.4) is 0 Å². The Morgan fingerprint density at radius 2 is 2.56 bits per heavy atom. The fourth-order valence-electron chi connectivity index (χ4n) is 0.696. The van der Waals surface area contributed by atoms with Gasteiger partial charge in [0.1, 0.15) is 0 Å². The lowest BCUT2D eigenvalue weighted by Crippen LogP contribution is -2.17. The summed E-state index contributed by atoms with van der Waals surface area (Å²) in [6.07, 6.45) is 1.70. The highest BCUT2D eigenvalue weighted by Crippen LogP contribution is 2.22. The molecule has 1 aromatic rings. The minimum Gasteiger partial charge on any atom is -0.385 e. The van der Waals surface area contributed by atoms with Crippen molar-refractivity contribution in [1.82, 2.24) is 10.6 Å². The van der Waals surface area contributed by atoms with Crippen molar-refractivity contribution >= 4 is 5.82 Å². The lowest BCUT2D eigenvalue weighted by atomic mass is 10.4. The molecule has 1 aromatic heterocycles. The summed E-state index contributed by atoms with van der Waals surface area (Å²) in [7, 11) is 0. The van der Waals surface area contributed by atoms with E-state index in [0.29, 0.717) is 0 Å². The first-order valence-corrected chi connectivity index (χ1v) is 2.60. The molecule has 0 unspecified atom stereocenters. The van der Waals surface area contributed by atoms with E-state index in [0.717, 1.165) is 11.6 Å². The average molecular weight is 123 g/mol. The first-order valence-electron chi connectivity index (χ1n) is 2.60. The molecule has 0 amide bonds. The molecular weight excluding hydrogens is 118 g/mol. The number of nitrogens with zero attached hydrogens (tertiary/aromatic N) is 1. The topological polar surface area (TPSA) is 46.2 Å². The number of aromatic nitrogens is 1. The molecule has 0 spiro atoms. The number of anilines is 1. The van der Waals surface area contributed by atoms with Crippen molar-refractivity contribution < 1.29 is 4.84 Å². The van der Waals surface area contributed by atoms with Crippen LogP contribution in [0.15, 0.2) is 18.3 Å². The van der Waals surface area contributed by atoms with E-state index in [2.05, 4.69) is 16.0 Å². The lowest BCUT2D eigenvalue weighted by Gasteiger charge is -1.88. The maximum absolute atomic E-state index is 4.87. The van der Waals surface area contributed by atoms with Crippen LogP contribution in [0.25, 0.3) is 0 Å². The number of hydrogen-bond donors (Lipinski definition) is 2. The Labute approximate surface area is 51.8 Å². The van der Waals surface area contributed by atoms with Gasteiger partial charge in [0.2, 0.25) is 0 Å².